The van der Waals surface area contributed by atoms with Crippen molar-refractivity contribution in [3.05, 3.63) is 40.8 Å². The first-order chi connectivity index (χ1) is 8.32. The maximum absolute atomic E-state index is 9.28. The minimum absolute atomic E-state index is 0. The number of nitrogens with one attached hydrogen (secondary N) is 2. The van der Waals surface area contributed by atoms with Crippen LogP contribution < -0.4 is 11.2 Å². The summed E-state index contributed by atoms with van der Waals surface area (Å²) in [5.41, 5.74) is 5.91. The maximum Gasteiger partial charge on any atom is 2.00 e. The predicted octanol–water partition coefficient (Wildman–Crippen LogP) is -2.11. The average Bonchev–Trinajstić information content (AvgIpc) is 1.95. The van der Waals surface area contributed by atoms with Crippen LogP contribution in [0.2, 0.25) is 0 Å². The Morgan fingerprint density at radius 3 is 1.25 bits per heavy atom. The van der Waals surface area contributed by atoms with Crippen molar-refractivity contribution in [2.24, 2.45) is 5.73 Å². The number of hydrazine groups is 1. The molecule has 0 bridgehead atoms. The number of carboxylic acids is 1. The number of nitrogens with zero attached hydrogens (tertiary/aromatic N) is 3. The first-order valence-corrected chi connectivity index (χ1v) is 3.40. The monoisotopic (exact) mass is 376 g/mol. The summed E-state index contributed by atoms with van der Waals surface area (Å²) in [7, 11) is 0. The number of carboxylic acid groups (broad SMARTS) is 1. The van der Waals surface area contributed by atoms with Crippen LogP contribution >= 0.6 is 0 Å². The van der Waals surface area contributed by atoms with E-state index in [0.717, 1.165) is 6.92 Å². The van der Waals surface area contributed by atoms with Crippen LogP contribution in [0, 0.1) is 46.2 Å². The van der Waals surface area contributed by atoms with Crippen LogP contribution in [0.25, 0.3) is 0 Å². The van der Waals surface area contributed by atoms with Gasteiger partial charge in [0.05, 0.1) is 10.2 Å². The second kappa shape index (κ2) is 22.2. The molecule has 0 rings (SSSR count). The van der Waals surface area contributed by atoms with Crippen molar-refractivity contribution in [2.45, 2.75) is 6.92 Å². The number of aliphatic carboxylic acids is 1. The molecular weight excluding hydrogens is 368 g/mol. The average molecular weight is 376 g/mol. The van der Waals surface area contributed by atoms with Crippen molar-refractivity contribution in [1.29, 1.82) is 5.41 Å². The first-order valence-electron chi connectivity index (χ1n) is 3.40. The number of carbonyl (C=O) groups is 1. The molecule has 0 amide bonds. The summed E-state index contributed by atoms with van der Waals surface area (Å²) in [6.07, 6.45) is 0. The van der Waals surface area contributed by atoms with Crippen molar-refractivity contribution >= 4 is 57.4 Å². The van der Waals surface area contributed by atoms with Gasteiger partial charge in [0.25, 0.3) is 5.97 Å². The number of hydrogen-bond donors (Lipinski definition) is 4. The fourth-order valence-corrected chi connectivity index (χ4v) is 0.0983. The van der Waals surface area contributed by atoms with Gasteiger partial charge in [-0.15, -0.1) is 0 Å². The molecule has 0 aliphatic rings. The van der Waals surface area contributed by atoms with Gasteiger partial charge in [-0.2, -0.15) is 0 Å². The Morgan fingerprint density at radius 1 is 1.10 bits per heavy atom. The summed E-state index contributed by atoms with van der Waals surface area (Å²) < 4.78 is 0. The van der Waals surface area contributed by atoms with E-state index in [0.29, 0.717) is 0 Å². The molecule has 0 saturated heterocycles. The molecule has 0 aromatic heterocycles. The van der Waals surface area contributed by atoms with E-state index in [1.54, 1.807) is 0 Å². The van der Waals surface area contributed by atoms with Crippen LogP contribution in [0.15, 0.2) is 0 Å². The molecule has 0 saturated carbocycles. The van der Waals surface area contributed by atoms with E-state index in [1.807, 2.05) is 0 Å². The van der Waals surface area contributed by atoms with Crippen LogP contribution in [-0.2, 0) is 4.79 Å². The molecule has 0 spiro atoms. The largest absolute Gasteiger partial charge is 2.00 e. The van der Waals surface area contributed by atoms with Crippen LogP contribution in [0.4, 0.5) is 0 Å². The molecule has 0 heterocycles. The van der Waals surface area contributed by atoms with Crippen molar-refractivity contribution in [3.8, 4) is 0 Å². The molecule has 16 nitrogen and oxygen atoms in total. The van der Waals surface area contributed by atoms with Gasteiger partial charge in [-0.3, -0.25) is 10.2 Å². The van der Waals surface area contributed by atoms with Gasteiger partial charge in [0, 0.05) is 6.92 Å². The third kappa shape index (κ3) is 885. The van der Waals surface area contributed by atoms with Gasteiger partial charge in [0.15, 0.2) is 5.03 Å². The van der Waals surface area contributed by atoms with E-state index >= 15 is 0 Å². The molecule has 5 N–H and O–H groups in total. The quantitative estimate of drug-likeness (QED) is 0.126. The smallest absolute Gasteiger partial charge is 0.481 e. The maximum atomic E-state index is 9.28. The first kappa shape index (κ1) is 30.8. The van der Waals surface area contributed by atoms with Crippen molar-refractivity contribution < 1.29 is 25.1 Å². The topological polar surface area (TPSA) is 275 Å². The van der Waals surface area contributed by atoms with Crippen LogP contribution in [0.1, 0.15) is 6.92 Å². The van der Waals surface area contributed by atoms with Crippen molar-refractivity contribution in [1.82, 2.24) is 5.43 Å². The fourth-order valence-electron chi connectivity index (χ4n) is 0.0983. The van der Waals surface area contributed by atoms with E-state index in [4.69, 9.17) is 46.0 Å². The Kier molecular flexibility index (Phi) is 34.2. The molecule has 0 aliphatic heterocycles. The van der Waals surface area contributed by atoms with Gasteiger partial charge in [0.2, 0.25) is 5.96 Å². The van der Waals surface area contributed by atoms with Gasteiger partial charge in [0.1, 0.15) is 0 Å². The van der Waals surface area contributed by atoms with E-state index < -0.39 is 27.1 Å². The Morgan fingerprint density at radius 2 is 1.25 bits per heavy atom. The number of hydrogen-bond acceptors (Lipinski definition) is 10. The number of guanidine groups is 1. The summed E-state index contributed by atoms with van der Waals surface area (Å²) in [6.45, 7) is 1.08. The molecule has 20 heavy (non-hydrogen) atoms. The van der Waals surface area contributed by atoms with Crippen molar-refractivity contribution in [3.63, 3.8) is 0 Å². The number of nitrogens with two attached hydrogens (primary N) is 1. The zero-order valence-corrected chi connectivity index (χ0v) is 13.2. The van der Waals surface area contributed by atoms with E-state index in [2.05, 4.69) is 5.73 Å². The van der Waals surface area contributed by atoms with Gasteiger partial charge < -0.3 is 41.5 Å². The second-order valence-electron chi connectivity index (χ2n) is 1.75. The Labute approximate surface area is 146 Å². The Bertz CT molecular complexity index is 268. The third-order valence-corrected chi connectivity index (χ3v) is 0.212. The minimum atomic E-state index is -1.75. The standard InChI is InChI=1S/C2H4O2.CH4N4O2.2NO3.Sr/c1-2(3)4;2-1(3)4-5(6)7;2*2-1(3)4;/h1H3,(H,3,4);(H4,2,3,4);;;/q;;2*-1;+2. The minimum Gasteiger partial charge on any atom is -0.481 e. The molecule has 0 radical (unpaired) electrons. The molecule has 0 unspecified atom stereocenters. The van der Waals surface area contributed by atoms with Gasteiger partial charge >= 0.3 is 45.5 Å². The van der Waals surface area contributed by atoms with E-state index in [-0.39, 0.29) is 45.5 Å². The van der Waals surface area contributed by atoms with Gasteiger partial charge in [-0.25, -0.2) is 10.1 Å². The molecule has 0 atom stereocenters. The zero-order chi connectivity index (χ0) is 16.6. The summed E-state index contributed by atoms with van der Waals surface area (Å²) >= 11 is 0. The third-order valence-electron chi connectivity index (χ3n) is 0.212. The molecule has 0 aliphatic carbocycles. The summed E-state index contributed by atoms with van der Waals surface area (Å²) in [5.74, 6) is -1.50. The Balaban J connectivity index is -0.0000000512. The molecule has 17 heteroatoms. The molecular formula is C3H8N6O10Sr. The van der Waals surface area contributed by atoms with E-state index in [9.17, 15) is 10.1 Å². The summed E-state index contributed by atoms with van der Waals surface area (Å²) in [6, 6.07) is 0. The SMILES string of the molecule is CC(=O)O.N=C(N)N[N+](=O)[O-].O=[N+]([O-])[O-].O=[N+]([O-])[O-].[Sr+2]. The van der Waals surface area contributed by atoms with E-state index in [1.165, 1.54) is 5.43 Å². The fraction of sp³-hybridized carbons (Fsp3) is 0.333. The summed E-state index contributed by atoms with van der Waals surface area (Å²) in [5, 5.41) is 51.5. The predicted molar refractivity (Wildman–Crippen MR) is 61.8 cm³/mol. The molecule has 0 aromatic rings. The Hall–Kier alpha value is -1.98. The van der Waals surface area contributed by atoms with Crippen LogP contribution in [0.5, 0.6) is 0 Å². The van der Waals surface area contributed by atoms with Crippen LogP contribution in [0.3, 0.4) is 0 Å². The molecule has 0 aromatic carbocycles. The number of rotatable bonds is 1. The zero-order valence-electron chi connectivity index (χ0n) is 9.75. The summed E-state index contributed by atoms with van der Waals surface area (Å²) in [4.78, 5) is 34.8. The normalized spacial score (nSPS) is 6.25. The van der Waals surface area contributed by atoms with Gasteiger partial charge in [-0.05, 0) is 0 Å². The van der Waals surface area contributed by atoms with Gasteiger partial charge in [-0.1, -0.05) is 5.43 Å². The second-order valence-corrected chi connectivity index (χ2v) is 1.75. The van der Waals surface area contributed by atoms with Crippen LogP contribution in [-0.4, -0.2) is 77.7 Å². The van der Waals surface area contributed by atoms with Crippen molar-refractivity contribution in [2.75, 3.05) is 0 Å². The molecule has 112 valence electrons. The molecule has 0 fully saturated rings. The number of nitro groups is 1.